The lowest BCUT2D eigenvalue weighted by Crippen LogP contribution is -2.04. The van der Waals surface area contributed by atoms with Gasteiger partial charge in [-0.3, -0.25) is 0 Å². The molecule has 0 aliphatic rings. The zero-order valence-corrected chi connectivity index (χ0v) is 13.1. The number of aromatic hydroxyl groups is 1. The Hall–Kier alpha value is -2.06. The summed E-state index contributed by atoms with van der Waals surface area (Å²) in [5.41, 5.74) is -0.675. The number of hydrogen-bond acceptors (Lipinski definition) is 5. The predicted octanol–water partition coefficient (Wildman–Crippen LogP) is 4.74. The van der Waals surface area contributed by atoms with Crippen LogP contribution in [0.4, 0.5) is 13.2 Å². The monoisotopic (exact) mass is 360 g/mol. The molecule has 0 atom stereocenters. The number of fused-ring (bicyclic) bond motifs is 1. The van der Waals surface area contributed by atoms with Crippen LogP contribution in [-0.4, -0.2) is 22.2 Å². The Labute approximate surface area is 137 Å². The van der Waals surface area contributed by atoms with Gasteiger partial charge >= 0.3 is 6.18 Å². The second kappa shape index (κ2) is 5.54. The standard InChI is InChI=1S/C14H8ClF3N2O2S/c1-22-9-3-2-6-8(21)4-7(19-12(6)11(9)15)13-20-10(5-23-13)14(16,17)18/h2-5H,1H3,(H,19,21). The van der Waals surface area contributed by atoms with Gasteiger partial charge in [-0.2, -0.15) is 13.2 Å². The maximum absolute atomic E-state index is 12.6. The quantitative estimate of drug-likeness (QED) is 0.717. The highest BCUT2D eigenvalue weighted by atomic mass is 35.5. The van der Waals surface area contributed by atoms with Gasteiger partial charge in [-0.15, -0.1) is 11.3 Å². The maximum Gasteiger partial charge on any atom is 0.434 e. The molecule has 2 aromatic heterocycles. The molecule has 9 heteroatoms. The molecular formula is C14H8ClF3N2O2S. The van der Waals surface area contributed by atoms with Crippen molar-refractivity contribution in [1.29, 1.82) is 0 Å². The molecule has 0 aliphatic carbocycles. The van der Waals surface area contributed by atoms with Crippen molar-refractivity contribution in [2.24, 2.45) is 0 Å². The number of aromatic nitrogens is 2. The number of benzene rings is 1. The molecule has 3 rings (SSSR count). The molecule has 0 aliphatic heterocycles. The molecule has 120 valence electrons. The summed E-state index contributed by atoms with van der Waals surface area (Å²) in [5.74, 6) is 0.191. The van der Waals surface area contributed by atoms with E-state index in [-0.39, 0.29) is 27.0 Å². The second-order valence-corrected chi connectivity index (χ2v) is 5.78. The molecule has 4 nitrogen and oxygen atoms in total. The predicted molar refractivity (Wildman–Crippen MR) is 81.1 cm³/mol. The van der Waals surface area contributed by atoms with E-state index in [9.17, 15) is 18.3 Å². The van der Waals surface area contributed by atoms with Crippen LogP contribution in [0.5, 0.6) is 11.5 Å². The smallest absolute Gasteiger partial charge is 0.434 e. The largest absolute Gasteiger partial charge is 0.507 e. The van der Waals surface area contributed by atoms with E-state index >= 15 is 0 Å². The zero-order chi connectivity index (χ0) is 16.8. The maximum atomic E-state index is 12.6. The Morgan fingerprint density at radius 2 is 2.00 bits per heavy atom. The number of hydrogen-bond donors (Lipinski definition) is 1. The summed E-state index contributed by atoms with van der Waals surface area (Å²) in [6.45, 7) is 0. The number of pyridine rings is 1. The summed E-state index contributed by atoms with van der Waals surface area (Å²) in [4.78, 5) is 7.74. The van der Waals surface area contributed by atoms with Gasteiger partial charge in [-0.25, -0.2) is 9.97 Å². The zero-order valence-electron chi connectivity index (χ0n) is 11.5. The Balaban J connectivity index is 2.19. The van der Waals surface area contributed by atoms with Crippen molar-refractivity contribution >= 4 is 33.8 Å². The van der Waals surface area contributed by atoms with Crippen molar-refractivity contribution in [2.45, 2.75) is 6.18 Å². The molecule has 3 aromatic rings. The van der Waals surface area contributed by atoms with Gasteiger partial charge in [-0.05, 0) is 12.1 Å². The van der Waals surface area contributed by atoms with Crippen LogP contribution in [0.15, 0.2) is 23.6 Å². The fourth-order valence-electron chi connectivity index (χ4n) is 2.01. The fourth-order valence-corrected chi connectivity index (χ4v) is 3.08. The summed E-state index contributed by atoms with van der Waals surface area (Å²) in [5, 5.41) is 11.5. The van der Waals surface area contributed by atoms with E-state index in [1.807, 2.05) is 0 Å². The van der Waals surface area contributed by atoms with Crippen LogP contribution < -0.4 is 4.74 Å². The number of rotatable bonds is 2. The Morgan fingerprint density at radius 1 is 1.26 bits per heavy atom. The van der Waals surface area contributed by atoms with Gasteiger partial charge in [0, 0.05) is 16.8 Å². The first-order chi connectivity index (χ1) is 10.8. The lowest BCUT2D eigenvalue weighted by atomic mass is 10.1. The first-order valence-electron chi connectivity index (χ1n) is 6.20. The Kier molecular flexibility index (Phi) is 3.81. The SMILES string of the molecule is COc1ccc2c(O)cc(-c3nc(C(F)(F)F)cs3)nc2c1Cl. The summed E-state index contributed by atoms with van der Waals surface area (Å²) in [7, 11) is 1.42. The highest BCUT2D eigenvalue weighted by Crippen LogP contribution is 2.39. The first kappa shape index (κ1) is 15.8. The van der Waals surface area contributed by atoms with Crippen LogP contribution in [-0.2, 0) is 6.18 Å². The van der Waals surface area contributed by atoms with Gasteiger partial charge in [0.2, 0.25) is 0 Å². The molecule has 0 spiro atoms. The van der Waals surface area contributed by atoms with Gasteiger partial charge in [0.25, 0.3) is 0 Å². The summed E-state index contributed by atoms with van der Waals surface area (Å²) < 4.78 is 43.0. The third-order valence-electron chi connectivity index (χ3n) is 3.10. The number of thiazole rings is 1. The minimum absolute atomic E-state index is 0.0356. The summed E-state index contributed by atoms with van der Waals surface area (Å²) in [6, 6.07) is 4.39. The first-order valence-corrected chi connectivity index (χ1v) is 7.46. The molecule has 0 amide bonds. The number of methoxy groups -OCH3 is 1. The lowest BCUT2D eigenvalue weighted by Gasteiger charge is -2.08. The number of nitrogens with zero attached hydrogens (tertiary/aromatic N) is 2. The van der Waals surface area contributed by atoms with Crippen LogP contribution in [0.25, 0.3) is 21.6 Å². The van der Waals surface area contributed by atoms with E-state index in [1.54, 1.807) is 12.1 Å². The molecule has 0 unspecified atom stereocenters. The Morgan fingerprint density at radius 3 is 2.61 bits per heavy atom. The van der Waals surface area contributed by atoms with Crippen molar-refractivity contribution in [1.82, 2.24) is 9.97 Å². The molecule has 0 saturated carbocycles. The molecule has 0 bridgehead atoms. The highest BCUT2D eigenvalue weighted by molar-refractivity contribution is 7.13. The fraction of sp³-hybridized carbons (Fsp3) is 0.143. The second-order valence-electron chi connectivity index (χ2n) is 4.54. The topological polar surface area (TPSA) is 55.2 Å². The van der Waals surface area contributed by atoms with Crippen molar-refractivity contribution in [3.8, 4) is 22.2 Å². The molecule has 2 heterocycles. The molecule has 0 fully saturated rings. The van der Waals surface area contributed by atoms with Gasteiger partial charge in [0.1, 0.15) is 27.2 Å². The number of halogens is 4. The van der Waals surface area contributed by atoms with E-state index < -0.39 is 11.9 Å². The van der Waals surface area contributed by atoms with Gasteiger partial charge in [0.05, 0.1) is 12.6 Å². The van der Waals surface area contributed by atoms with Crippen LogP contribution in [0.2, 0.25) is 5.02 Å². The average molecular weight is 361 g/mol. The van der Waals surface area contributed by atoms with E-state index in [4.69, 9.17) is 16.3 Å². The van der Waals surface area contributed by atoms with E-state index in [2.05, 4.69) is 9.97 Å². The highest BCUT2D eigenvalue weighted by Gasteiger charge is 2.34. The molecule has 0 saturated heterocycles. The third-order valence-corrected chi connectivity index (χ3v) is 4.33. The normalized spacial score (nSPS) is 11.9. The third kappa shape index (κ3) is 2.79. The van der Waals surface area contributed by atoms with Crippen LogP contribution in [0, 0.1) is 0 Å². The molecule has 0 radical (unpaired) electrons. The van der Waals surface area contributed by atoms with Gasteiger partial charge in [0.15, 0.2) is 5.69 Å². The van der Waals surface area contributed by atoms with Crippen LogP contribution >= 0.6 is 22.9 Å². The van der Waals surface area contributed by atoms with Crippen molar-refractivity contribution < 1.29 is 23.0 Å². The molecular weight excluding hydrogens is 353 g/mol. The Bertz CT molecular complexity index is 896. The van der Waals surface area contributed by atoms with Crippen molar-refractivity contribution in [3.63, 3.8) is 0 Å². The van der Waals surface area contributed by atoms with Crippen LogP contribution in [0.1, 0.15) is 5.69 Å². The van der Waals surface area contributed by atoms with E-state index in [0.29, 0.717) is 11.1 Å². The minimum Gasteiger partial charge on any atom is -0.507 e. The van der Waals surface area contributed by atoms with Crippen molar-refractivity contribution in [2.75, 3.05) is 7.11 Å². The molecule has 23 heavy (non-hydrogen) atoms. The van der Waals surface area contributed by atoms with E-state index in [0.717, 1.165) is 16.7 Å². The molecule has 1 N–H and O–H groups in total. The number of ether oxygens (including phenoxy) is 1. The number of alkyl halides is 3. The molecule has 1 aromatic carbocycles. The average Bonchev–Trinajstić information content (AvgIpc) is 2.98. The summed E-state index contributed by atoms with van der Waals surface area (Å²) in [6.07, 6.45) is -4.53. The van der Waals surface area contributed by atoms with E-state index in [1.165, 1.54) is 13.2 Å². The lowest BCUT2D eigenvalue weighted by molar-refractivity contribution is -0.140. The minimum atomic E-state index is -4.53. The van der Waals surface area contributed by atoms with Gasteiger partial charge in [-0.1, -0.05) is 11.6 Å². The summed E-state index contributed by atoms with van der Waals surface area (Å²) >= 11 is 6.94. The van der Waals surface area contributed by atoms with Gasteiger partial charge < -0.3 is 9.84 Å². The van der Waals surface area contributed by atoms with Crippen LogP contribution in [0.3, 0.4) is 0 Å². The van der Waals surface area contributed by atoms with Crippen molar-refractivity contribution in [3.05, 3.63) is 34.3 Å².